The van der Waals surface area contributed by atoms with Crippen LogP contribution in [-0.2, 0) is 14.7 Å². The second-order valence-corrected chi connectivity index (χ2v) is 11.9. The number of amides is 1. The minimum Gasteiger partial charge on any atom is -0.440 e. The van der Waals surface area contributed by atoms with Gasteiger partial charge in [0.2, 0.25) is 5.09 Å². The van der Waals surface area contributed by atoms with E-state index in [4.69, 9.17) is 30.0 Å². The van der Waals surface area contributed by atoms with Crippen LogP contribution >= 0.6 is 11.6 Å². The molecule has 0 radical (unpaired) electrons. The summed E-state index contributed by atoms with van der Waals surface area (Å²) < 4.78 is 39.4. The lowest BCUT2D eigenvalue weighted by molar-refractivity contribution is -0.0256. The van der Waals surface area contributed by atoms with Crippen LogP contribution in [0, 0.1) is 10.2 Å². The molecule has 0 bridgehead atoms. The predicted octanol–water partition coefficient (Wildman–Crippen LogP) is 4.18. The van der Waals surface area contributed by atoms with Crippen molar-refractivity contribution in [2.75, 3.05) is 26.3 Å². The fraction of sp³-hybridized carbons (Fsp3) is 0.478. The Balaban J connectivity index is 1.03. The molecule has 2 N–H and O–H groups in total. The molecule has 1 amide bonds. The van der Waals surface area contributed by atoms with Crippen molar-refractivity contribution < 1.29 is 22.6 Å². The highest BCUT2D eigenvalue weighted by molar-refractivity contribution is 7.90. The number of hydrogen-bond acceptors (Lipinski definition) is 7. The molecule has 2 aromatic heterocycles. The predicted molar refractivity (Wildman–Crippen MR) is 124 cm³/mol. The van der Waals surface area contributed by atoms with Gasteiger partial charge in [-0.15, -0.1) is 0 Å². The fourth-order valence-electron chi connectivity index (χ4n) is 5.45. The lowest BCUT2D eigenvalue weighted by Gasteiger charge is -2.57. The van der Waals surface area contributed by atoms with Crippen LogP contribution in [0.2, 0.25) is 5.02 Å². The van der Waals surface area contributed by atoms with Crippen LogP contribution in [0.3, 0.4) is 0 Å². The Morgan fingerprint density at radius 2 is 1.91 bits per heavy atom. The van der Waals surface area contributed by atoms with Crippen LogP contribution in [-0.4, -0.2) is 51.8 Å². The fourth-order valence-corrected chi connectivity index (χ4v) is 6.99. The molecule has 2 aliphatic carbocycles. The van der Waals surface area contributed by atoms with Crippen LogP contribution in [0.4, 0.5) is 0 Å². The summed E-state index contributed by atoms with van der Waals surface area (Å²) in [6.07, 6.45) is 3.78. The van der Waals surface area contributed by atoms with Gasteiger partial charge in [-0.25, -0.2) is 18.3 Å². The lowest BCUT2D eigenvalue weighted by atomic mass is 9.50. The second-order valence-electron chi connectivity index (χ2n) is 9.53. The van der Waals surface area contributed by atoms with E-state index in [-0.39, 0.29) is 28.2 Å². The van der Waals surface area contributed by atoms with Gasteiger partial charge < -0.3 is 18.9 Å². The SMILES string of the molecule is N=S(=O)(c1ccc(C(=O)NC2CC3(C2)CC(c2nc4cc(Cl)ccc4o2)C3)o1)N1CCOCC1. The van der Waals surface area contributed by atoms with Crippen molar-refractivity contribution in [3.05, 3.63) is 47.0 Å². The van der Waals surface area contributed by atoms with Gasteiger partial charge in [-0.1, -0.05) is 11.6 Å². The first kappa shape index (κ1) is 22.1. The molecule has 1 aliphatic heterocycles. The Kier molecular flexibility index (Phi) is 5.25. The van der Waals surface area contributed by atoms with E-state index < -0.39 is 9.92 Å². The van der Waals surface area contributed by atoms with Gasteiger partial charge in [0.15, 0.2) is 27.1 Å². The number of nitrogens with zero attached hydrogens (tertiary/aromatic N) is 2. The molecule has 1 spiro atoms. The Morgan fingerprint density at radius 3 is 2.68 bits per heavy atom. The molecule has 3 aromatic rings. The summed E-state index contributed by atoms with van der Waals surface area (Å²) in [6, 6.07) is 8.49. The van der Waals surface area contributed by atoms with Crippen LogP contribution in [0.25, 0.3) is 11.1 Å². The van der Waals surface area contributed by atoms with Gasteiger partial charge in [0.05, 0.1) is 13.2 Å². The minimum atomic E-state index is -3.27. The number of fused-ring (bicyclic) bond motifs is 1. The van der Waals surface area contributed by atoms with E-state index in [1.807, 2.05) is 12.1 Å². The van der Waals surface area contributed by atoms with Crippen LogP contribution in [0.1, 0.15) is 48.0 Å². The van der Waals surface area contributed by atoms with Crippen LogP contribution in [0.5, 0.6) is 0 Å². The summed E-state index contributed by atoms with van der Waals surface area (Å²) in [7, 11) is -3.27. The summed E-state index contributed by atoms with van der Waals surface area (Å²) in [5.41, 5.74) is 1.76. The van der Waals surface area contributed by atoms with Crippen molar-refractivity contribution in [2.45, 2.75) is 42.7 Å². The maximum absolute atomic E-state index is 12.9. The number of carbonyl (C=O) groups excluding carboxylic acids is 1. The van der Waals surface area contributed by atoms with E-state index in [2.05, 4.69) is 10.3 Å². The number of hydrogen-bond donors (Lipinski definition) is 2. The number of nitrogens with one attached hydrogen (secondary N) is 2. The maximum atomic E-state index is 12.9. The number of rotatable bonds is 5. The van der Waals surface area contributed by atoms with Crippen molar-refractivity contribution in [1.29, 1.82) is 4.78 Å². The summed E-state index contributed by atoms with van der Waals surface area (Å²) in [6.45, 7) is 1.64. The van der Waals surface area contributed by atoms with E-state index in [1.165, 1.54) is 16.4 Å². The lowest BCUT2D eigenvalue weighted by Crippen LogP contribution is -2.55. The van der Waals surface area contributed by atoms with Gasteiger partial charge in [-0.3, -0.25) is 4.79 Å². The highest BCUT2D eigenvalue weighted by atomic mass is 35.5. The number of furan rings is 1. The molecular weight excluding hydrogens is 480 g/mol. The molecule has 3 aliphatic rings. The molecular formula is C23H25ClN4O5S. The highest BCUT2D eigenvalue weighted by Crippen LogP contribution is 2.61. The van der Waals surface area contributed by atoms with Crippen LogP contribution in [0.15, 0.2) is 44.3 Å². The minimum absolute atomic E-state index is 0.00564. The normalized spacial score (nSPS) is 28.9. The standard InChI is InChI=1S/C23H25ClN4O5S/c24-15-1-2-18-17(9-15)27-22(33-18)14-10-23(11-14)12-16(13-23)26-21(29)19-3-4-20(32-19)34(25,30)28-5-7-31-8-6-28/h1-4,9,14,16,25H,5-8,10-13H2,(H,26,29). The monoisotopic (exact) mass is 504 g/mol. The van der Waals surface area contributed by atoms with Gasteiger partial charge >= 0.3 is 0 Å². The van der Waals surface area contributed by atoms with E-state index in [0.717, 1.165) is 42.7 Å². The zero-order chi connectivity index (χ0) is 23.5. The summed E-state index contributed by atoms with van der Waals surface area (Å²) in [5.74, 6) is 0.800. The van der Waals surface area contributed by atoms with E-state index in [9.17, 15) is 9.00 Å². The first-order chi connectivity index (χ1) is 16.3. The Bertz CT molecular complexity index is 1350. The number of oxazole rings is 1. The Morgan fingerprint density at radius 1 is 1.15 bits per heavy atom. The van der Waals surface area contributed by atoms with Crippen molar-refractivity contribution in [3.8, 4) is 0 Å². The smallest absolute Gasteiger partial charge is 0.287 e. The van der Waals surface area contributed by atoms with Gasteiger partial charge in [-0.2, -0.15) is 0 Å². The topological polar surface area (TPSA) is 122 Å². The van der Waals surface area contributed by atoms with Crippen molar-refractivity contribution >= 4 is 38.5 Å². The molecule has 1 unspecified atom stereocenters. The third-order valence-corrected chi connectivity index (χ3v) is 9.27. The number of ether oxygens (including phenoxy) is 1. The number of morpholine rings is 1. The molecule has 6 rings (SSSR count). The molecule has 11 heteroatoms. The molecule has 9 nitrogen and oxygen atoms in total. The van der Waals surface area contributed by atoms with E-state index >= 15 is 0 Å². The molecule has 1 atom stereocenters. The molecule has 34 heavy (non-hydrogen) atoms. The first-order valence-electron chi connectivity index (χ1n) is 11.4. The number of halogens is 1. The molecule has 3 heterocycles. The zero-order valence-electron chi connectivity index (χ0n) is 18.4. The maximum Gasteiger partial charge on any atom is 0.287 e. The van der Waals surface area contributed by atoms with Gasteiger partial charge in [0.25, 0.3) is 5.91 Å². The van der Waals surface area contributed by atoms with Gasteiger partial charge in [0.1, 0.15) is 5.52 Å². The molecule has 2 saturated carbocycles. The average molecular weight is 505 g/mol. The number of benzene rings is 1. The molecule has 1 aromatic carbocycles. The summed E-state index contributed by atoms with van der Waals surface area (Å²) >= 11 is 6.04. The Hall–Kier alpha value is -2.40. The summed E-state index contributed by atoms with van der Waals surface area (Å²) in [5, 5.41) is 3.66. The molecule has 1 saturated heterocycles. The third-order valence-electron chi connectivity index (χ3n) is 7.18. The van der Waals surface area contributed by atoms with Crippen LogP contribution < -0.4 is 5.32 Å². The van der Waals surface area contributed by atoms with Crippen molar-refractivity contribution in [1.82, 2.24) is 14.6 Å². The summed E-state index contributed by atoms with van der Waals surface area (Å²) in [4.78, 5) is 17.3. The quantitative estimate of drug-likeness (QED) is 0.537. The van der Waals surface area contributed by atoms with E-state index in [0.29, 0.717) is 37.2 Å². The third kappa shape index (κ3) is 3.82. The van der Waals surface area contributed by atoms with E-state index in [1.54, 1.807) is 6.07 Å². The van der Waals surface area contributed by atoms with Crippen molar-refractivity contribution in [2.24, 2.45) is 5.41 Å². The molecule has 3 fully saturated rings. The number of carbonyl (C=O) groups is 1. The first-order valence-corrected chi connectivity index (χ1v) is 13.3. The largest absolute Gasteiger partial charge is 0.440 e. The Labute approximate surface area is 201 Å². The molecule has 180 valence electrons. The highest BCUT2D eigenvalue weighted by Gasteiger charge is 2.54. The van der Waals surface area contributed by atoms with Gasteiger partial charge in [0, 0.05) is 30.1 Å². The van der Waals surface area contributed by atoms with Gasteiger partial charge in [-0.05, 0) is 61.4 Å². The average Bonchev–Trinajstić information content (AvgIpc) is 3.42. The number of aromatic nitrogens is 1. The second kappa shape index (κ2) is 8.08. The zero-order valence-corrected chi connectivity index (χ0v) is 20.0. The van der Waals surface area contributed by atoms with Crippen molar-refractivity contribution in [3.63, 3.8) is 0 Å².